The summed E-state index contributed by atoms with van der Waals surface area (Å²) in [6, 6.07) is 60.8. The zero-order valence-electron chi connectivity index (χ0n) is 30.8. The van der Waals surface area contributed by atoms with Crippen molar-refractivity contribution in [2.45, 2.75) is 35.7 Å². The molecule has 3 heterocycles. The molecule has 1 fully saturated rings. The van der Waals surface area contributed by atoms with Gasteiger partial charge in [-0.2, -0.15) is 0 Å². The topological polar surface area (TPSA) is 91.5 Å². The first-order valence-corrected chi connectivity index (χ1v) is 19.3. The second-order valence-electron chi connectivity index (χ2n) is 14.0. The number of benzene rings is 6. The predicted molar refractivity (Wildman–Crippen MR) is 219 cm³/mol. The lowest BCUT2D eigenvalue weighted by Gasteiger charge is -2.41. The fourth-order valence-corrected chi connectivity index (χ4v) is 8.32. The highest BCUT2D eigenvalue weighted by molar-refractivity contribution is 6.33. The van der Waals surface area contributed by atoms with Crippen LogP contribution in [0.2, 0.25) is 5.15 Å². The van der Waals surface area contributed by atoms with Crippen molar-refractivity contribution in [3.05, 3.63) is 233 Å². The highest BCUT2D eigenvalue weighted by atomic mass is 35.5. The number of rotatable bonds is 12. The van der Waals surface area contributed by atoms with Crippen LogP contribution in [0.5, 0.6) is 0 Å². The molecule has 0 saturated carbocycles. The largest absolute Gasteiger partial charge is 0.386 e. The fraction of sp³-hybridized carbons (Fsp3) is 0.146. The van der Waals surface area contributed by atoms with Crippen LogP contribution in [0.15, 0.2) is 195 Å². The Morgan fingerprint density at radius 2 is 0.965 bits per heavy atom. The summed E-state index contributed by atoms with van der Waals surface area (Å²) in [5.74, 6) is 0. The highest BCUT2D eigenvalue weighted by Crippen LogP contribution is 2.47. The van der Waals surface area contributed by atoms with Gasteiger partial charge in [-0.05, 0) is 33.4 Å². The third-order valence-corrected chi connectivity index (χ3v) is 11.0. The molecule has 9 rings (SSSR count). The molecule has 1 saturated heterocycles. The van der Waals surface area contributed by atoms with E-state index in [1.807, 2.05) is 109 Å². The van der Waals surface area contributed by atoms with Crippen LogP contribution in [-0.4, -0.2) is 49.5 Å². The molecule has 6 aromatic carbocycles. The molecule has 9 heteroatoms. The van der Waals surface area contributed by atoms with Gasteiger partial charge in [-0.25, -0.2) is 15.0 Å². The Kier molecular flexibility index (Phi) is 10.2. The maximum Gasteiger partial charge on any atom is 0.167 e. The van der Waals surface area contributed by atoms with Gasteiger partial charge in [0.05, 0.1) is 12.9 Å². The highest BCUT2D eigenvalue weighted by Gasteiger charge is 2.52. The SMILES string of the molecule is O[C@@H]1[C@H](OC(c2ccccc2)(c2ccccc2)c2ccccc2)[C@@H](COC(c2ccccc2)(c2ccccc2)c2ccccc2)O[C@H]1n1cnc2c(Cl)ncnc21. The quantitative estimate of drug-likeness (QED) is 0.0979. The molecular weight excluding hydrogens is 732 g/mol. The number of nitrogens with zero attached hydrogens (tertiary/aromatic N) is 4. The van der Waals surface area contributed by atoms with Crippen molar-refractivity contribution < 1.29 is 19.3 Å². The van der Waals surface area contributed by atoms with Gasteiger partial charge in [0.25, 0.3) is 0 Å². The Labute approximate surface area is 336 Å². The van der Waals surface area contributed by atoms with E-state index in [-0.39, 0.29) is 11.8 Å². The average Bonchev–Trinajstić information content (AvgIpc) is 3.85. The second-order valence-corrected chi connectivity index (χ2v) is 14.4. The Balaban J connectivity index is 1.21. The number of fused-ring (bicyclic) bond motifs is 1. The lowest BCUT2D eigenvalue weighted by atomic mass is 9.79. The molecular formula is C48H39ClN4O4. The molecule has 282 valence electrons. The second kappa shape index (κ2) is 15.9. The molecule has 2 aromatic heterocycles. The summed E-state index contributed by atoms with van der Waals surface area (Å²) in [5, 5.41) is 12.9. The number of ether oxygens (including phenoxy) is 3. The number of hydrogen-bond donors (Lipinski definition) is 1. The average molecular weight is 771 g/mol. The van der Waals surface area contributed by atoms with Crippen molar-refractivity contribution in [2.75, 3.05) is 6.61 Å². The van der Waals surface area contributed by atoms with Crippen LogP contribution in [0.3, 0.4) is 0 Å². The van der Waals surface area contributed by atoms with Crippen LogP contribution in [0.4, 0.5) is 0 Å². The molecule has 8 nitrogen and oxygen atoms in total. The van der Waals surface area contributed by atoms with Crippen LogP contribution in [0, 0.1) is 0 Å². The van der Waals surface area contributed by atoms with Gasteiger partial charge in [0.2, 0.25) is 0 Å². The number of aromatic nitrogens is 4. The Morgan fingerprint density at radius 1 is 0.561 bits per heavy atom. The number of halogens is 1. The summed E-state index contributed by atoms with van der Waals surface area (Å²) in [4.78, 5) is 13.1. The van der Waals surface area contributed by atoms with Crippen LogP contribution in [0.25, 0.3) is 11.2 Å². The molecule has 1 N–H and O–H groups in total. The summed E-state index contributed by atoms with van der Waals surface area (Å²) in [7, 11) is 0. The summed E-state index contributed by atoms with van der Waals surface area (Å²) < 4.78 is 23.6. The van der Waals surface area contributed by atoms with Crippen molar-refractivity contribution >= 4 is 22.8 Å². The van der Waals surface area contributed by atoms with Crippen molar-refractivity contribution in [1.29, 1.82) is 0 Å². The van der Waals surface area contributed by atoms with Gasteiger partial charge in [-0.3, -0.25) is 4.57 Å². The molecule has 8 aromatic rings. The van der Waals surface area contributed by atoms with Gasteiger partial charge in [0, 0.05) is 0 Å². The maximum atomic E-state index is 12.7. The summed E-state index contributed by atoms with van der Waals surface area (Å²) in [6.07, 6.45) is -1.02. The third-order valence-electron chi connectivity index (χ3n) is 10.8. The molecule has 57 heavy (non-hydrogen) atoms. The van der Waals surface area contributed by atoms with E-state index in [4.69, 9.17) is 25.8 Å². The lowest BCUT2D eigenvalue weighted by Crippen LogP contribution is -2.46. The van der Waals surface area contributed by atoms with E-state index in [1.54, 1.807) is 10.9 Å². The normalized spacial score (nSPS) is 18.5. The number of hydrogen-bond acceptors (Lipinski definition) is 7. The minimum Gasteiger partial charge on any atom is -0.386 e. The third kappa shape index (κ3) is 6.61. The van der Waals surface area contributed by atoms with Crippen LogP contribution >= 0.6 is 11.6 Å². The van der Waals surface area contributed by atoms with Crippen molar-refractivity contribution in [1.82, 2.24) is 19.5 Å². The van der Waals surface area contributed by atoms with Crippen LogP contribution in [0.1, 0.15) is 39.6 Å². The maximum absolute atomic E-state index is 12.7. The molecule has 0 aliphatic carbocycles. The first kappa shape index (κ1) is 36.6. The van der Waals surface area contributed by atoms with E-state index in [2.05, 4.69) is 87.7 Å². The Hall–Kier alpha value is -6.00. The van der Waals surface area contributed by atoms with Gasteiger partial charge in [-0.1, -0.05) is 194 Å². The molecule has 0 amide bonds. The van der Waals surface area contributed by atoms with Gasteiger partial charge in [0.1, 0.15) is 41.4 Å². The minimum atomic E-state index is -1.22. The van der Waals surface area contributed by atoms with E-state index >= 15 is 0 Å². The lowest BCUT2D eigenvalue weighted by molar-refractivity contribution is -0.131. The standard InChI is InChI=1S/C48H39ClN4O4/c49-44-41-45(51-32-50-44)53(33-52-41)46-42(54)43(57-48(37-25-13-4-14-26-37,38-27-15-5-16-28-38)39-29-17-6-18-30-39)40(56-46)31-55-47(34-19-7-1-8-20-34,35-21-9-2-10-22-35)36-23-11-3-12-24-36/h1-30,32-33,40,42-43,46,54H,31H2/t40-,42-,43-,46-/m1/s1. The van der Waals surface area contributed by atoms with E-state index in [1.165, 1.54) is 6.33 Å². The Bertz CT molecular complexity index is 2340. The fourth-order valence-electron chi connectivity index (χ4n) is 8.14. The van der Waals surface area contributed by atoms with Gasteiger partial charge in [0.15, 0.2) is 17.0 Å². The van der Waals surface area contributed by atoms with Crippen molar-refractivity contribution in [2.24, 2.45) is 0 Å². The van der Waals surface area contributed by atoms with E-state index in [0.29, 0.717) is 11.2 Å². The van der Waals surface area contributed by atoms with Crippen molar-refractivity contribution in [3.63, 3.8) is 0 Å². The smallest absolute Gasteiger partial charge is 0.167 e. The Morgan fingerprint density at radius 3 is 1.39 bits per heavy atom. The number of aliphatic hydroxyl groups is 1. The summed E-state index contributed by atoms with van der Waals surface area (Å²) in [5.41, 5.74) is 4.06. The minimum absolute atomic E-state index is 0.0216. The van der Waals surface area contributed by atoms with Crippen LogP contribution in [-0.2, 0) is 25.4 Å². The van der Waals surface area contributed by atoms with Gasteiger partial charge >= 0.3 is 0 Å². The zero-order chi connectivity index (χ0) is 38.7. The first-order valence-electron chi connectivity index (χ1n) is 18.9. The molecule has 1 aliphatic rings. The first-order chi connectivity index (χ1) is 28.1. The molecule has 0 spiro atoms. The molecule has 1 aliphatic heterocycles. The molecule has 0 radical (unpaired) electrons. The van der Waals surface area contributed by atoms with E-state index < -0.39 is 35.7 Å². The number of aliphatic hydroxyl groups excluding tert-OH is 1. The monoisotopic (exact) mass is 770 g/mol. The molecule has 0 bridgehead atoms. The predicted octanol–water partition coefficient (Wildman–Crippen LogP) is 9.12. The molecule has 0 unspecified atom stereocenters. The van der Waals surface area contributed by atoms with Crippen LogP contribution < -0.4 is 0 Å². The zero-order valence-corrected chi connectivity index (χ0v) is 31.6. The van der Waals surface area contributed by atoms with Gasteiger partial charge in [-0.15, -0.1) is 0 Å². The van der Waals surface area contributed by atoms with Gasteiger partial charge < -0.3 is 19.3 Å². The summed E-state index contributed by atoms with van der Waals surface area (Å²) in [6.45, 7) is 0.0216. The van der Waals surface area contributed by atoms with E-state index in [9.17, 15) is 5.11 Å². The van der Waals surface area contributed by atoms with E-state index in [0.717, 1.165) is 33.4 Å². The number of imidazole rings is 1. The summed E-state index contributed by atoms with van der Waals surface area (Å²) >= 11 is 6.46. The van der Waals surface area contributed by atoms with Crippen molar-refractivity contribution in [3.8, 4) is 0 Å². The molecule has 4 atom stereocenters.